The van der Waals surface area contributed by atoms with Crippen LogP contribution in [0.3, 0.4) is 0 Å². The molecule has 0 aromatic heterocycles. The topological polar surface area (TPSA) is 76.0 Å². The van der Waals surface area contributed by atoms with Gasteiger partial charge in [-0.25, -0.2) is 4.39 Å². The van der Waals surface area contributed by atoms with Crippen molar-refractivity contribution in [3.63, 3.8) is 0 Å². The number of ether oxygens (including phenoxy) is 2. The molecule has 1 aromatic carbocycles. The van der Waals surface area contributed by atoms with Crippen molar-refractivity contribution in [2.24, 2.45) is 17.8 Å². The van der Waals surface area contributed by atoms with Crippen LogP contribution in [-0.2, 0) is 27.1 Å². The van der Waals surface area contributed by atoms with E-state index in [4.69, 9.17) is 14.6 Å². The summed E-state index contributed by atoms with van der Waals surface area (Å²) >= 11 is 0. The minimum atomic E-state index is -1.03. The molecule has 6 heteroatoms. The van der Waals surface area contributed by atoms with Crippen LogP contribution in [0.25, 0.3) is 0 Å². The number of allylic oxidation sites excluding steroid dienone is 3. The van der Waals surface area contributed by atoms with Crippen molar-refractivity contribution in [3.8, 4) is 0 Å². The van der Waals surface area contributed by atoms with E-state index in [1.165, 1.54) is 11.1 Å². The first-order valence-electron chi connectivity index (χ1n) is 13.2. The lowest BCUT2D eigenvalue weighted by molar-refractivity contribution is -0.195. The number of fused-ring (bicyclic) bond motifs is 1. The maximum Gasteiger partial charge on any atom is 0.303 e. The van der Waals surface area contributed by atoms with Gasteiger partial charge in [0, 0.05) is 25.4 Å². The van der Waals surface area contributed by atoms with Gasteiger partial charge in [0.05, 0.1) is 12.2 Å². The summed E-state index contributed by atoms with van der Waals surface area (Å²) in [5, 5.41) is 19.7. The second-order valence-electron chi connectivity index (χ2n) is 10.3. The Morgan fingerprint density at radius 2 is 1.97 bits per heavy atom. The van der Waals surface area contributed by atoms with Crippen LogP contribution in [0.15, 0.2) is 48.6 Å². The average Bonchev–Trinajstić information content (AvgIpc) is 3.41. The van der Waals surface area contributed by atoms with E-state index >= 15 is 4.39 Å². The van der Waals surface area contributed by atoms with E-state index in [1.807, 2.05) is 30.4 Å². The molecule has 2 N–H and O–H groups in total. The van der Waals surface area contributed by atoms with E-state index in [2.05, 4.69) is 12.1 Å². The van der Waals surface area contributed by atoms with Gasteiger partial charge in [0.25, 0.3) is 0 Å². The predicted octanol–water partition coefficient (Wildman–Crippen LogP) is 5.41. The maximum absolute atomic E-state index is 15.3. The largest absolute Gasteiger partial charge is 0.481 e. The highest BCUT2D eigenvalue weighted by Gasteiger charge is 2.43. The van der Waals surface area contributed by atoms with Crippen molar-refractivity contribution in [3.05, 3.63) is 59.7 Å². The van der Waals surface area contributed by atoms with Gasteiger partial charge < -0.3 is 19.7 Å². The Bertz CT molecular complexity index is 853. The summed E-state index contributed by atoms with van der Waals surface area (Å²) < 4.78 is 27.3. The summed E-state index contributed by atoms with van der Waals surface area (Å²) in [7, 11) is 0. The monoisotopic (exact) mass is 486 g/mol. The van der Waals surface area contributed by atoms with E-state index < -0.39 is 18.2 Å². The second kappa shape index (κ2) is 12.8. The third-order valence-electron chi connectivity index (χ3n) is 7.74. The Morgan fingerprint density at radius 1 is 1.20 bits per heavy atom. The van der Waals surface area contributed by atoms with Crippen LogP contribution in [0.1, 0.15) is 62.5 Å². The van der Waals surface area contributed by atoms with Crippen LogP contribution >= 0.6 is 0 Å². The number of alkyl halides is 1. The predicted molar refractivity (Wildman–Crippen MR) is 133 cm³/mol. The molecule has 6 atom stereocenters. The van der Waals surface area contributed by atoms with Crippen molar-refractivity contribution >= 4 is 5.97 Å². The number of rotatable bonds is 11. The molecule has 35 heavy (non-hydrogen) atoms. The van der Waals surface area contributed by atoms with Crippen LogP contribution in [0.5, 0.6) is 0 Å². The highest BCUT2D eigenvalue weighted by molar-refractivity contribution is 5.66. The van der Waals surface area contributed by atoms with Crippen LogP contribution in [0, 0.1) is 17.8 Å². The fraction of sp³-hybridized carbons (Fsp3) is 0.621. The van der Waals surface area contributed by atoms with Crippen molar-refractivity contribution in [2.75, 3.05) is 6.61 Å². The standard InChI is InChI=1S/C29H39FO5/c30-25-19-27(35-29-13-7-8-16-34-29)24(11-3-1-2-4-12-28(32)33)23(25)14-15-26(31)22-17-20-9-5-6-10-21(20)18-22/h1,3,5-6,9-10,14-15,22-27,29,31H,2,4,7-8,11-13,16-19H2,(H,32,33)/t23-,24+,25-,26-,27+,29?/m0/s1. The summed E-state index contributed by atoms with van der Waals surface area (Å²) in [5.74, 6) is -1.04. The fourth-order valence-electron chi connectivity index (χ4n) is 5.79. The van der Waals surface area contributed by atoms with Gasteiger partial charge in [0.2, 0.25) is 0 Å². The summed E-state index contributed by atoms with van der Waals surface area (Å²) in [6.45, 7) is 0.684. The zero-order chi connectivity index (χ0) is 24.6. The van der Waals surface area contributed by atoms with Crippen molar-refractivity contribution in [1.29, 1.82) is 0 Å². The van der Waals surface area contributed by atoms with E-state index in [9.17, 15) is 9.90 Å². The molecule has 1 aromatic rings. The Hall–Kier alpha value is -2.02. The molecular weight excluding hydrogens is 447 g/mol. The minimum absolute atomic E-state index is 0.0459. The number of aliphatic hydroxyl groups is 1. The Balaban J connectivity index is 1.38. The normalized spacial score (nSPS) is 30.3. The van der Waals surface area contributed by atoms with Gasteiger partial charge in [-0.3, -0.25) is 4.79 Å². The Labute approximate surface area is 208 Å². The number of carboxylic acids is 1. The molecule has 2 fully saturated rings. The van der Waals surface area contributed by atoms with Gasteiger partial charge in [0.1, 0.15) is 6.17 Å². The minimum Gasteiger partial charge on any atom is -0.481 e. The zero-order valence-corrected chi connectivity index (χ0v) is 20.4. The fourth-order valence-corrected chi connectivity index (χ4v) is 5.79. The first kappa shape index (κ1) is 26.1. The van der Waals surface area contributed by atoms with Gasteiger partial charge in [-0.15, -0.1) is 0 Å². The van der Waals surface area contributed by atoms with Gasteiger partial charge in [0.15, 0.2) is 6.29 Å². The number of aliphatic hydroxyl groups excluding tert-OH is 1. The smallest absolute Gasteiger partial charge is 0.303 e. The highest BCUT2D eigenvalue weighted by atomic mass is 19.1. The number of hydrogen-bond donors (Lipinski definition) is 2. The number of carbonyl (C=O) groups is 1. The number of halogens is 1. The van der Waals surface area contributed by atoms with Crippen LogP contribution in [0.4, 0.5) is 4.39 Å². The van der Waals surface area contributed by atoms with Gasteiger partial charge in [-0.2, -0.15) is 0 Å². The van der Waals surface area contributed by atoms with Crippen LogP contribution in [0.2, 0.25) is 0 Å². The first-order valence-corrected chi connectivity index (χ1v) is 13.2. The third kappa shape index (κ3) is 7.25. The number of aliphatic carboxylic acids is 1. The summed E-state index contributed by atoms with van der Waals surface area (Å²) in [6, 6.07) is 8.31. The molecule has 0 spiro atoms. The highest BCUT2D eigenvalue weighted by Crippen LogP contribution is 2.41. The molecule has 192 valence electrons. The lowest BCUT2D eigenvalue weighted by Gasteiger charge is -2.29. The van der Waals surface area contributed by atoms with Crippen LogP contribution in [-0.4, -0.2) is 47.5 Å². The van der Waals surface area contributed by atoms with Gasteiger partial charge in [-0.1, -0.05) is 48.6 Å². The van der Waals surface area contributed by atoms with Crippen molar-refractivity contribution in [1.82, 2.24) is 0 Å². The molecule has 4 rings (SSSR count). The van der Waals surface area contributed by atoms with Crippen LogP contribution < -0.4 is 0 Å². The van der Waals surface area contributed by atoms with Crippen molar-refractivity contribution in [2.45, 2.75) is 88.9 Å². The maximum atomic E-state index is 15.3. The summed E-state index contributed by atoms with van der Waals surface area (Å²) in [6.07, 6.45) is 12.6. The van der Waals surface area contributed by atoms with E-state index in [-0.39, 0.29) is 36.6 Å². The first-order chi connectivity index (χ1) is 17.0. The molecule has 1 aliphatic heterocycles. The molecular formula is C29H39FO5. The third-order valence-corrected chi connectivity index (χ3v) is 7.74. The molecule has 1 saturated carbocycles. The number of benzene rings is 1. The molecule has 5 nitrogen and oxygen atoms in total. The zero-order valence-electron chi connectivity index (χ0n) is 20.4. The lowest BCUT2D eigenvalue weighted by atomic mass is 9.88. The van der Waals surface area contributed by atoms with E-state index in [0.717, 1.165) is 32.1 Å². The number of unbranched alkanes of at least 4 members (excludes halogenated alkanes) is 1. The molecule has 1 heterocycles. The summed E-state index contributed by atoms with van der Waals surface area (Å²) in [4.78, 5) is 10.7. The van der Waals surface area contributed by atoms with Crippen molar-refractivity contribution < 1.29 is 28.9 Å². The second-order valence-corrected chi connectivity index (χ2v) is 10.3. The molecule has 0 amide bonds. The number of carboxylic acid groups (broad SMARTS) is 1. The quantitative estimate of drug-likeness (QED) is 0.323. The SMILES string of the molecule is O=C(O)CCCC=CC[C@@H]1[C@H](C=C[C@H](O)C2Cc3ccccc3C2)[C@@H](F)C[C@H]1OC1CCCCO1. The molecule has 0 radical (unpaired) electrons. The van der Waals surface area contributed by atoms with Gasteiger partial charge >= 0.3 is 5.97 Å². The number of hydrogen-bond acceptors (Lipinski definition) is 4. The molecule has 2 aliphatic carbocycles. The molecule has 1 unspecified atom stereocenters. The van der Waals surface area contributed by atoms with Gasteiger partial charge in [-0.05, 0) is 74.3 Å². The van der Waals surface area contributed by atoms with E-state index in [1.54, 1.807) is 6.08 Å². The molecule has 0 bridgehead atoms. The average molecular weight is 487 g/mol. The van der Waals surface area contributed by atoms with E-state index in [0.29, 0.717) is 32.3 Å². The summed E-state index contributed by atoms with van der Waals surface area (Å²) in [5.41, 5.74) is 2.59. The molecule has 1 saturated heterocycles. The lowest BCUT2D eigenvalue weighted by Crippen LogP contribution is -2.31. The molecule has 3 aliphatic rings. The Morgan fingerprint density at radius 3 is 2.66 bits per heavy atom. The Kier molecular flexibility index (Phi) is 9.52.